The van der Waals surface area contributed by atoms with Gasteiger partial charge >= 0.3 is 0 Å². The SMILES string of the molecule is CN=C(NCc1ccnc(N2CCN(C)CC2)c1)NCC(c1ccccc1)N1CCCC1.I. The van der Waals surface area contributed by atoms with Crippen LogP contribution in [0.2, 0.25) is 0 Å². The number of guanidine groups is 1. The van der Waals surface area contributed by atoms with Gasteiger partial charge in [0.25, 0.3) is 0 Å². The lowest BCUT2D eigenvalue weighted by molar-refractivity contribution is 0.245. The summed E-state index contributed by atoms with van der Waals surface area (Å²) in [4.78, 5) is 16.4. The fourth-order valence-electron chi connectivity index (χ4n) is 4.56. The van der Waals surface area contributed by atoms with Crippen molar-refractivity contribution in [3.05, 3.63) is 59.8 Å². The van der Waals surface area contributed by atoms with Crippen LogP contribution in [-0.2, 0) is 6.54 Å². The third-order valence-corrected chi connectivity index (χ3v) is 6.55. The lowest BCUT2D eigenvalue weighted by atomic mass is 10.1. The molecular weight excluding hydrogens is 525 g/mol. The first kappa shape index (κ1) is 25.7. The summed E-state index contributed by atoms with van der Waals surface area (Å²) >= 11 is 0. The van der Waals surface area contributed by atoms with Gasteiger partial charge in [-0.1, -0.05) is 30.3 Å². The van der Waals surface area contributed by atoms with E-state index < -0.39 is 0 Å². The number of aliphatic imine (C=N–C) groups is 1. The molecule has 2 aliphatic heterocycles. The van der Waals surface area contributed by atoms with Crippen molar-refractivity contribution >= 4 is 35.8 Å². The van der Waals surface area contributed by atoms with Gasteiger partial charge in [-0.05, 0) is 56.2 Å². The van der Waals surface area contributed by atoms with Crippen molar-refractivity contribution < 1.29 is 0 Å². The Labute approximate surface area is 215 Å². The molecule has 2 aromatic rings. The highest BCUT2D eigenvalue weighted by Crippen LogP contribution is 2.24. The summed E-state index contributed by atoms with van der Waals surface area (Å²) in [6, 6.07) is 15.5. The summed E-state index contributed by atoms with van der Waals surface area (Å²) in [6.45, 7) is 8.12. The van der Waals surface area contributed by atoms with Gasteiger partial charge in [-0.15, -0.1) is 24.0 Å². The Morgan fingerprint density at radius 1 is 1.00 bits per heavy atom. The number of hydrogen-bond donors (Lipinski definition) is 2. The van der Waals surface area contributed by atoms with Crippen LogP contribution in [0.5, 0.6) is 0 Å². The summed E-state index contributed by atoms with van der Waals surface area (Å²) in [6.07, 6.45) is 4.49. The first-order chi connectivity index (χ1) is 15.7. The second kappa shape index (κ2) is 13.1. The van der Waals surface area contributed by atoms with E-state index in [9.17, 15) is 0 Å². The summed E-state index contributed by atoms with van der Waals surface area (Å²) in [5.41, 5.74) is 2.58. The lowest BCUT2D eigenvalue weighted by Gasteiger charge is -2.33. The Bertz CT molecular complexity index is 862. The average Bonchev–Trinajstić information content (AvgIpc) is 3.37. The van der Waals surface area contributed by atoms with Gasteiger partial charge in [-0.3, -0.25) is 9.89 Å². The number of likely N-dealkylation sites (N-methyl/N-ethyl adjacent to an activating group) is 1. The van der Waals surface area contributed by atoms with Crippen molar-refractivity contribution in [2.45, 2.75) is 25.4 Å². The predicted octanol–water partition coefficient (Wildman–Crippen LogP) is 2.95. The number of likely N-dealkylation sites (tertiary alicyclic amines) is 1. The highest BCUT2D eigenvalue weighted by molar-refractivity contribution is 14.0. The fourth-order valence-corrected chi connectivity index (χ4v) is 4.56. The number of piperazine rings is 1. The van der Waals surface area contributed by atoms with Crippen LogP contribution in [0, 0.1) is 0 Å². The average molecular weight is 564 g/mol. The largest absolute Gasteiger partial charge is 0.354 e. The van der Waals surface area contributed by atoms with Crippen molar-refractivity contribution in [2.75, 3.05) is 64.8 Å². The zero-order valence-corrected chi connectivity index (χ0v) is 22.2. The minimum atomic E-state index is 0. The molecule has 0 radical (unpaired) electrons. The minimum absolute atomic E-state index is 0. The van der Waals surface area contributed by atoms with Crippen LogP contribution < -0.4 is 15.5 Å². The molecule has 0 saturated carbocycles. The van der Waals surface area contributed by atoms with Gasteiger partial charge in [0.1, 0.15) is 5.82 Å². The van der Waals surface area contributed by atoms with Crippen LogP contribution in [0.25, 0.3) is 0 Å². The number of hydrogen-bond acceptors (Lipinski definition) is 5. The van der Waals surface area contributed by atoms with Crippen LogP contribution in [-0.4, -0.2) is 80.7 Å². The third kappa shape index (κ3) is 7.28. The molecule has 2 fully saturated rings. The first-order valence-corrected chi connectivity index (χ1v) is 11.8. The van der Waals surface area contributed by atoms with Gasteiger partial charge in [0.15, 0.2) is 5.96 Å². The molecule has 180 valence electrons. The molecule has 2 N–H and O–H groups in total. The Morgan fingerprint density at radius 3 is 2.42 bits per heavy atom. The summed E-state index contributed by atoms with van der Waals surface area (Å²) in [5, 5.41) is 7.05. The number of nitrogens with one attached hydrogen (secondary N) is 2. The molecule has 0 bridgehead atoms. The van der Waals surface area contributed by atoms with E-state index in [1.165, 1.54) is 37.1 Å². The summed E-state index contributed by atoms with van der Waals surface area (Å²) in [5.74, 6) is 1.90. The maximum absolute atomic E-state index is 4.60. The Balaban J connectivity index is 0.00000306. The second-order valence-electron chi connectivity index (χ2n) is 8.79. The normalized spacial score (nSPS) is 18.6. The molecule has 33 heavy (non-hydrogen) atoms. The molecular formula is C25H38IN7. The van der Waals surface area contributed by atoms with E-state index in [0.29, 0.717) is 6.04 Å². The van der Waals surface area contributed by atoms with E-state index >= 15 is 0 Å². The number of aromatic nitrogens is 1. The smallest absolute Gasteiger partial charge is 0.191 e. The summed E-state index contributed by atoms with van der Waals surface area (Å²) < 4.78 is 0. The highest BCUT2D eigenvalue weighted by atomic mass is 127. The van der Waals surface area contributed by atoms with Crippen molar-refractivity contribution in [3.63, 3.8) is 0 Å². The number of pyridine rings is 1. The van der Waals surface area contributed by atoms with Gasteiger partial charge < -0.3 is 20.4 Å². The first-order valence-electron chi connectivity index (χ1n) is 11.8. The monoisotopic (exact) mass is 563 g/mol. The number of anilines is 1. The quantitative estimate of drug-likeness (QED) is 0.307. The van der Waals surface area contributed by atoms with Crippen molar-refractivity contribution in [1.82, 2.24) is 25.4 Å². The molecule has 8 heteroatoms. The van der Waals surface area contributed by atoms with Gasteiger partial charge in [-0.2, -0.15) is 0 Å². The van der Waals surface area contributed by atoms with E-state index in [-0.39, 0.29) is 24.0 Å². The molecule has 2 saturated heterocycles. The highest BCUT2D eigenvalue weighted by Gasteiger charge is 2.23. The predicted molar refractivity (Wildman–Crippen MR) is 148 cm³/mol. The molecule has 0 amide bonds. The van der Waals surface area contributed by atoms with E-state index in [4.69, 9.17) is 0 Å². The topological polar surface area (TPSA) is 59.0 Å². The van der Waals surface area contributed by atoms with Crippen LogP contribution in [0.1, 0.15) is 30.0 Å². The molecule has 1 unspecified atom stereocenters. The zero-order chi connectivity index (χ0) is 22.2. The Kier molecular flexibility index (Phi) is 10.2. The fraction of sp³-hybridized carbons (Fsp3) is 0.520. The summed E-state index contributed by atoms with van der Waals surface area (Å²) in [7, 11) is 4.01. The van der Waals surface area contributed by atoms with E-state index in [1.807, 2.05) is 13.2 Å². The molecule has 1 atom stereocenters. The molecule has 4 rings (SSSR count). The van der Waals surface area contributed by atoms with Gasteiger partial charge in [0, 0.05) is 52.5 Å². The minimum Gasteiger partial charge on any atom is -0.354 e. The Morgan fingerprint density at radius 2 is 1.73 bits per heavy atom. The number of halogens is 1. The van der Waals surface area contributed by atoms with Gasteiger partial charge in [0.05, 0.1) is 6.04 Å². The van der Waals surface area contributed by atoms with Crippen LogP contribution in [0.3, 0.4) is 0 Å². The maximum atomic E-state index is 4.60. The molecule has 7 nitrogen and oxygen atoms in total. The lowest BCUT2D eigenvalue weighted by Crippen LogP contribution is -2.45. The van der Waals surface area contributed by atoms with E-state index in [0.717, 1.165) is 51.0 Å². The molecule has 0 aliphatic carbocycles. The molecule has 2 aliphatic rings. The Hall–Kier alpha value is -1.91. The van der Waals surface area contributed by atoms with Crippen LogP contribution >= 0.6 is 24.0 Å². The third-order valence-electron chi connectivity index (χ3n) is 6.55. The molecule has 1 aromatic heterocycles. The molecule has 3 heterocycles. The molecule has 1 aromatic carbocycles. The van der Waals surface area contributed by atoms with E-state index in [2.05, 4.69) is 84.8 Å². The van der Waals surface area contributed by atoms with Gasteiger partial charge in [0.2, 0.25) is 0 Å². The zero-order valence-electron chi connectivity index (χ0n) is 19.9. The van der Waals surface area contributed by atoms with Crippen LogP contribution in [0.4, 0.5) is 5.82 Å². The number of benzene rings is 1. The maximum Gasteiger partial charge on any atom is 0.191 e. The molecule has 0 spiro atoms. The van der Waals surface area contributed by atoms with Gasteiger partial charge in [-0.25, -0.2) is 4.98 Å². The standard InChI is InChI=1S/C25H37N7.HI/c1-26-25(29-20-23(31-12-6-7-13-31)22-8-4-3-5-9-22)28-19-21-10-11-27-24(18-21)32-16-14-30(2)15-17-32;/h3-5,8-11,18,23H,6-7,12-17,19-20H2,1-2H3,(H2,26,28,29);1H. The van der Waals surface area contributed by atoms with Crippen LogP contribution in [0.15, 0.2) is 53.7 Å². The number of nitrogens with zero attached hydrogens (tertiary/aromatic N) is 5. The van der Waals surface area contributed by atoms with Crippen molar-refractivity contribution in [3.8, 4) is 0 Å². The van der Waals surface area contributed by atoms with Crippen molar-refractivity contribution in [1.29, 1.82) is 0 Å². The number of rotatable bonds is 7. The van der Waals surface area contributed by atoms with Crippen molar-refractivity contribution in [2.24, 2.45) is 4.99 Å². The second-order valence-corrected chi connectivity index (χ2v) is 8.79. The van der Waals surface area contributed by atoms with E-state index in [1.54, 1.807) is 0 Å².